The number of carbonyl (C=O) groups excluding carboxylic acids is 2. The number of hydrogen-bond donors (Lipinski definition) is 1. The third kappa shape index (κ3) is 31.8. The zero-order chi connectivity index (χ0) is 37.1. The highest BCUT2D eigenvalue weighted by Crippen LogP contribution is 2.14. The standard InChI is InChI=1S/C42H77NO7/c1-6-8-10-12-14-16-18-20-21-23-25-27-29-31-33-41(45)50-38(36-48-35-34-39(42(46)47)43(3,4)5)37-49-40(44)32-30-28-26-24-22-19-17-15-13-11-9-7-2/h8,10,14,16,38-39H,6-7,9,11-13,15,17-37H2,1-5H3/p+1/b10-8+,16-14+. The summed E-state index contributed by atoms with van der Waals surface area (Å²) < 4.78 is 17.2. The van der Waals surface area contributed by atoms with Crippen LogP contribution in [0.25, 0.3) is 0 Å². The lowest BCUT2D eigenvalue weighted by molar-refractivity contribution is -0.887. The second kappa shape index (κ2) is 33.9. The van der Waals surface area contributed by atoms with Crippen molar-refractivity contribution in [2.75, 3.05) is 41.0 Å². The molecule has 0 spiro atoms. The zero-order valence-electron chi connectivity index (χ0n) is 33.1. The number of carboxylic acid groups (broad SMARTS) is 1. The topological polar surface area (TPSA) is 99.1 Å². The van der Waals surface area contributed by atoms with Crippen LogP contribution in [0.4, 0.5) is 0 Å². The summed E-state index contributed by atoms with van der Waals surface area (Å²) in [5.41, 5.74) is 0. The predicted octanol–water partition coefficient (Wildman–Crippen LogP) is 10.5. The van der Waals surface area contributed by atoms with E-state index < -0.39 is 18.1 Å². The Labute approximate surface area is 307 Å². The molecule has 0 heterocycles. The molecule has 292 valence electrons. The van der Waals surface area contributed by atoms with Crippen LogP contribution in [0.15, 0.2) is 24.3 Å². The van der Waals surface area contributed by atoms with Crippen LogP contribution in [-0.4, -0.2) is 80.6 Å². The molecule has 0 bridgehead atoms. The summed E-state index contributed by atoms with van der Waals surface area (Å²) in [4.78, 5) is 36.8. The van der Waals surface area contributed by atoms with Gasteiger partial charge in [-0.25, -0.2) is 4.79 Å². The molecule has 0 saturated heterocycles. The number of hydrogen-bond acceptors (Lipinski definition) is 6. The Morgan fingerprint density at radius 2 is 1.12 bits per heavy atom. The summed E-state index contributed by atoms with van der Waals surface area (Å²) >= 11 is 0. The first-order chi connectivity index (χ1) is 24.1. The van der Waals surface area contributed by atoms with Gasteiger partial charge in [0.25, 0.3) is 0 Å². The predicted molar refractivity (Wildman–Crippen MR) is 206 cm³/mol. The number of nitrogens with zero attached hydrogens (tertiary/aromatic N) is 1. The Kier molecular flexibility index (Phi) is 32.4. The van der Waals surface area contributed by atoms with Crippen LogP contribution < -0.4 is 0 Å². The van der Waals surface area contributed by atoms with Crippen LogP contribution in [-0.2, 0) is 28.6 Å². The SMILES string of the molecule is CC/C=C/C/C=C/CCCCCCCCCC(=O)OC(COCCC(C(=O)O)[N+](C)(C)C)COC(=O)CCCCCCCCCCCCCC. The fraction of sp³-hybridized carbons (Fsp3) is 0.833. The fourth-order valence-electron chi connectivity index (χ4n) is 5.95. The molecule has 0 fully saturated rings. The summed E-state index contributed by atoms with van der Waals surface area (Å²) in [6, 6.07) is -0.612. The molecule has 0 radical (unpaired) electrons. The van der Waals surface area contributed by atoms with Crippen LogP contribution in [0.2, 0.25) is 0 Å². The highest BCUT2D eigenvalue weighted by Gasteiger charge is 2.31. The van der Waals surface area contributed by atoms with Crippen molar-refractivity contribution in [3.8, 4) is 0 Å². The first kappa shape index (κ1) is 47.8. The van der Waals surface area contributed by atoms with Crippen LogP contribution in [0.1, 0.15) is 174 Å². The zero-order valence-corrected chi connectivity index (χ0v) is 33.1. The summed E-state index contributed by atoms with van der Waals surface area (Å²) in [5, 5.41) is 9.59. The molecule has 0 aromatic carbocycles. The molecule has 0 aliphatic rings. The monoisotopic (exact) mass is 709 g/mol. The van der Waals surface area contributed by atoms with Crippen molar-refractivity contribution >= 4 is 17.9 Å². The van der Waals surface area contributed by atoms with Gasteiger partial charge in [0.2, 0.25) is 0 Å². The molecule has 2 unspecified atom stereocenters. The van der Waals surface area contributed by atoms with Gasteiger partial charge in [-0.15, -0.1) is 0 Å². The van der Waals surface area contributed by atoms with Gasteiger partial charge in [0, 0.05) is 19.3 Å². The van der Waals surface area contributed by atoms with Gasteiger partial charge in [0.15, 0.2) is 12.1 Å². The van der Waals surface area contributed by atoms with E-state index >= 15 is 0 Å². The van der Waals surface area contributed by atoms with E-state index in [0.717, 1.165) is 57.8 Å². The van der Waals surface area contributed by atoms with Crippen molar-refractivity contribution < 1.29 is 38.2 Å². The largest absolute Gasteiger partial charge is 0.477 e. The molecular weight excluding hydrogens is 630 g/mol. The normalized spacial score (nSPS) is 13.2. The van der Waals surface area contributed by atoms with Gasteiger partial charge >= 0.3 is 17.9 Å². The van der Waals surface area contributed by atoms with Crippen molar-refractivity contribution in [2.24, 2.45) is 0 Å². The minimum atomic E-state index is -0.876. The highest BCUT2D eigenvalue weighted by atomic mass is 16.6. The Balaban J connectivity index is 4.39. The number of esters is 2. The van der Waals surface area contributed by atoms with E-state index in [2.05, 4.69) is 38.2 Å². The molecule has 2 atom stereocenters. The number of ether oxygens (including phenoxy) is 3. The lowest BCUT2D eigenvalue weighted by Crippen LogP contribution is -2.50. The third-order valence-electron chi connectivity index (χ3n) is 9.12. The van der Waals surface area contributed by atoms with E-state index in [9.17, 15) is 19.5 Å². The Bertz CT molecular complexity index is 880. The lowest BCUT2D eigenvalue weighted by Gasteiger charge is -2.31. The number of unbranched alkanes of at least 4 members (excludes halogenated alkanes) is 18. The average molecular weight is 709 g/mol. The maximum Gasteiger partial charge on any atom is 0.362 e. The van der Waals surface area contributed by atoms with Crippen molar-refractivity contribution in [2.45, 2.75) is 187 Å². The number of carbonyl (C=O) groups is 3. The summed E-state index contributed by atoms with van der Waals surface area (Å²) in [7, 11) is 5.52. The van der Waals surface area contributed by atoms with Crippen LogP contribution in [0.3, 0.4) is 0 Å². The average Bonchev–Trinajstić information content (AvgIpc) is 3.06. The first-order valence-electron chi connectivity index (χ1n) is 20.4. The van der Waals surface area contributed by atoms with Crippen LogP contribution in [0.5, 0.6) is 0 Å². The van der Waals surface area contributed by atoms with E-state index in [1.54, 1.807) is 0 Å². The first-order valence-corrected chi connectivity index (χ1v) is 20.4. The van der Waals surface area contributed by atoms with E-state index in [1.165, 1.54) is 83.5 Å². The molecule has 0 saturated carbocycles. The highest BCUT2D eigenvalue weighted by molar-refractivity contribution is 5.72. The lowest BCUT2D eigenvalue weighted by atomic mass is 10.0. The van der Waals surface area contributed by atoms with Crippen molar-refractivity contribution in [1.82, 2.24) is 0 Å². The van der Waals surface area contributed by atoms with Gasteiger partial charge in [-0.1, -0.05) is 141 Å². The van der Waals surface area contributed by atoms with E-state index in [-0.39, 0.29) is 36.2 Å². The fourth-order valence-corrected chi connectivity index (χ4v) is 5.95. The summed E-state index contributed by atoms with van der Waals surface area (Å²) in [6.07, 6.45) is 35.0. The molecule has 8 nitrogen and oxygen atoms in total. The number of allylic oxidation sites excluding steroid dienone is 4. The van der Waals surface area contributed by atoms with Gasteiger partial charge in [0.1, 0.15) is 6.61 Å². The van der Waals surface area contributed by atoms with Crippen LogP contribution >= 0.6 is 0 Å². The number of carboxylic acids is 1. The minimum Gasteiger partial charge on any atom is -0.477 e. The van der Waals surface area contributed by atoms with Gasteiger partial charge in [0.05, 0.1) is 34.4 Å². The second-order valence-electron chi connectivity index (χ2n) is 14.9. The van der Waals surface area contributed by atoms with E-state index in [1.807, 2.05) is 21.1 Å². The molecule has 1 N–H and O–H groups in total. The Morgan fingerprint density at radius 1 is 0.620 bits per heavy atom. The van der Waals surface area contributed by atoms with E-state index in [4.69, 9.17) is 14.2 Å². The smallest absolute Gasteiger partial charge is 0.362 e. The number of aliphatic carboxylic acids is 1. The molecule has 0 aromatic heterocycles. The van der Waals surface area contributed by atoms with E-state index in [0.29, 0.717) is 19.3 Å². The minimum absolute atomic E-state index is 0.0504. The van der Waals surface area contributed by atoms with Gasteiger partial charge in [-0.2, -0.15) is 0 Å². The van der Waals surface area contributed by atoms with Crippen molar-refractivity contribution in [1.29, 1.82) is 0 Å². The molecule has 0 aliphatic carbocycles. The number of quaternary nitrogens is 1. The maximum absolute atomic E-state index is 12.7. The molecule has 50 heavy (non-hydrogen) atoms. The molecule has 0 aromatic rings. The van der Waals surface area contributed by atoms with Gasteiger partial charge < -0.3 is 23.8 Å². The summed E-state index contributed by atoms with van der Waals surface area (Å²) in [6.45, 7) is 4.62. The molecular formula is C42H78NO7+. The number of rotatable bonds is 36. The molecule has 0 amide bonds. The van der Waals surface area contributed by atoms with Crippen molar-refractivity contribution in [3.63, 3.8) is 0 Å². The second-order valence-corrected chi connectivity index (χ2v) is 14.9. The van der Waals surface area contributed by atoms with Crippen molar-refractivity contribution in [3.05, 3.63) is 24.3 Å². The third-order valence-corrected chi connectivity index (χ3v) is 9.12. The summed E-state index contributed by atoms with van der Waals surface area (Å²) in [5.74, 6) is -1.47. The molecule has 0 aliphatic heterocycles. The number of likely N-dealkylation sites (N-methyl/N-ethyl adjacent to an activating group) is 1. The Hall–Kier alpha value is -2.19. The maximum atomic E-state index is 12.7. The molecule has 8 heteroatoms. The van der Waals surface area contributed by atoms with Gasteiger partial charge in [-0.3, -0.25) is 9.59 Å². The van der Waals surface area contributed by atoms with Crippen LogP contribution in [0, 0.1) is 0 Å². The van der Waals surface area contributed by atoms with Gasteiger partial charge in [-0.05, 0) is 38.5 Å². The quantitative estimate of drug-likeness (QED) is 0.0299. The Morgan fingerprint density at radius 3 is 1.64 bits per heavy atom. The molecule has 0 rings (SSSR count).